The number of fused-ring (bicyclic) bond motifs is 6. The fourth-order valence-corrected chi connectivity index (χ4v) is 8.95. The van der Waals surface area contributed by atoms with Crippen LogP contribution in [0.2, 0.25) is 0 Å². The van der Waals surface area contributed by atoms with Crippen molar-refractivity contribution in [3.63, 3.8) is 0 Å². The zero-order valence-corrected chi connectivity index (χ0v) is 36.1. The van der Waals surface area contributed by atoms with Crippen molar-refractivity contribution < 1.29 is 42.2 Å². The van der Waals surface area contributed by atoms with E-state index in [4.69, 9.17) is 22.6 Å². The van der Waals surface area contributed by atoms with Gasteiger partial charge < -0.3 is 15.6 Å². The Morgan fingerprint density at radius 2 is 1.21 bits per heavy atom. The minimum atomic E-state index is -3.11. The predicted octanol–water partition coefficient (Wildman–Crippen LogP) is 6.28. The van der Waals surface area contributed by atoms with E-state index in [1.807, 2.05) is 36.7 Å². The second kappa shape index (κ2) is 18.1. The third-order valence-electron chi connectivity index (χ3n) is 11.0. The van der Waals surface area contributed by atoms with Gasteiger partial charge >= 0.3 is 40.2 Å². The summed E-state index contributed by atoms with van der Waals surface area (Å²) in [6.45, 7) is 19.0. The Labute approximate surface area is 356 Å². The maximum absolute atomic E-state index is 8.44. The van der Waals surface area contributed by atoms with Crippen LogP contribution in [0.5, 0.6) is 0 Å². The Kier molecular flexibility index (Phi) is 13.8. The van der Waals surface area contributed by atoms with E-state index in [0.717, 1.165) is 48.2 Å². The topological polar surface area (TPSA) is 100.0 Å². The van der Waals surface area contributed by atoms with Gasteiger partial charge in [-0.05, 0) is 76.3 Å². The largest absolute Gasteiger partial charge is 1.00 e. The summed E-state index contributed by atoms with van der Waals surface area (Å²) >= 11 is 0. The number of aryl methyl sites for hydroxylation is 1. The quantitative estimate of drug-likeness (QED) is 0.165. The Hall–Kier alpha value is -4.60. The standard InChI is InChI=1S/C24H26N2.C23H23N2.Na.O3S/c1-5-21-20-12-17(3)14-24(21,22-11-8-18(4)26-23(22)13-20)25-15-19-9-6-16(2)7-10-19;1-4-20-19-12-16(2)14-23(20,24-15-18-8-6-5-7-9-18)21-11-10-17(3)25-22(21)13-19;;1-4(2)3/h5-12,15,20,26H,4,13-14H2,1-3H3;4-8,10-12,15,19,25H,3,13-14H2,1-2H3;;/q;-1;+1;/b21-5+,25-15?;20-4+,24-15?;;. The van der Waals surface area contributed by atoms with Crippen LogP contribution in [0.15, 0.2) is 177 Å². The number of rotatable bonds is 4. The minimum absolute atomic E-state index is 0. The van der Waals surface area contributed by atoms with Gasteiger partial charge in [0.2, 0.25) is 0 Å². The van der Waals surface area contributed by atoms with E-state index in [0.29, 0.717) is 11.8 Å². The zero-order chi connectivity index (χ0) is 39.3. The van der Waals surface area contributed by atoms with Crippen molar-refractivity contribution in [2.24, 2.45) is 21.8 Å². The Morgan fingerprint density at radius 3 is 1.66 bits per heavy atom. The van der Waals surface area contributed by atoms with Crippen molar-refractivity contribution in [2.75, 3.05) is 0 Å². The maximum Gasteiger partial charge on any atom is 1.00 e. The number of dihydropyridines is 2. The van der Waals surface area contributed by atoms with Gasteiger partial charge in [-0.15, -0.1) is 48.5 Å². The molecule has 282 valence electrons. The molecule has 4 bridgehead atoms. The molecule has 6 aliphatic rings. The second-order valence-electron chi connectivity index (χ2n) is 14.9. The van der Waals surface area contributed by atoms with Gasteiger partial charge in [0.05, 0.1) is 0 Å². The molecule has 0 fully saturated rings. The van der Waals surface area contributed by atoms with E-state index < -0.39 is 10.6 Å². The van der Waals surface area contributed by atoms with Gasteiger partial charge in [-0.25, -0.2) is 0 Å². The Bertz CT molecular complexity index is 2320. The van der Waals surface area contributed by atoms with Gasteiger partial charge in [0.15, 0.2) is 0 Å². The normalized spacial score (nSPS) is 27.2. The molecule has 56 heavy (non-hydrogen) atoms. The maximum atomic E-state index is 8.44. The molecule has 2 aromatic rings. The minimum Gasteiger partial charge on any atom is -0.359 e. The molecule has 0 saturated carbocycles. The van der Waals surface area contributed by atoms with E-state index in [9.17, 15) is 0 Å². The van der Waals surface area contributed by atoms with Crippen molar-refractivity contribution in [3.8, 4) is 0 Å². The fourth-order valence-electron chi connectivity index (χ4n) is 8.95. The van der Waals surface area contributed by atoms with E-state index in [-0.39, 0.29) is 40.6 Å². The number of nitrogens with one attached hydrogen (secondary N) is 2. The van der Waals surface area contributed by atoms with Crippen LogP contribution < -0.4 is 40.2 Å². The van der Waals surface area contributed by atoms with Crippen LogP contribution in [-0.2, 0) is 10.6 Å². The van der Waals surface area contributed by atoms with Crippen molar-refractivity contribution in [1.29, 1.82) is 0 Å². The van der Waals surface area contributed by atoms with Crippen molar-refractivity contribution in [2.45, 2.75) is 71.4 Å². The summed E-state index contributed by atoms with van der Waals surface area (Å²) in [4.78, 5) is 10.4. The van der Waals surface area contributed by atoms with Crippen molar-refractivity contribution >= 4 is 23.0 Å². The van der Waals surface area contributed by atoms with Crippen LogP contribution in [0.25, 0.3) is 0 Å². The van der Waals surface area contributed by atoms with Gasteiger partial charge in [0.1, 0.15) is 11.1 Å². The Balaban J connectivity index is 0.000000193. The van der Waals surface area contributed by atoms with Gasteiger partial charge in [-0.2, -0.15) is 0 Å². The Morgan fingerprint density at radius 1 is 0.732 bits per heavy atom. The summed E-state index contributed by atoms with van der Waals surface area (Å²) < 4.78 is 25.3. The molecule has 4 aliphatic carbocycles. The van der Waals surface area contributed by atoms with E-state index >= 15 is 0 Å². The molecule has 4 atom stereocenters. The molecule has 0 saturated heterocycles. The van der Waals surface area contributed by atoms with Crippen LogP contribution in [0.3, 0.4) is 0 Å². The fraction of sp³-hybridized carbons (Fsp3) is 0.277. The molecule has 0 spiro atoms. The SMILES string of the molecule is C=C1C=CC2=C(CC3C=C(C)CC2(N=Cc2[c-]cccc2)/C3=C/C)N1.C=C1C=CC2=C(CC3C=C(C)CC2(N=Cc2ccc(C)cc2)/C3=C/C)N1.O=S(=O)=O.[Na+]. The van der Waals surface area contributed by atoms with Crippen LogP contribution in [0.4, 0.5) is 0 Å². The third kappa shape index (κ3) is 9.00. The molecule has 0 radical (unpaired) electrons. The van der Waals surface area contributed by atoms with Crippen LogP contribution in [0, 0.1) is 24.8 Å². The summed E-state index contributed by atoms with van der Waals surface area (Å²) in [7, 11) is -3.11. The second-order valence-corrected chi connectivity index (χ2v) is 15.3. The summed E-state index contributed by atoms with van der Waals surface area (Å²) in [5.74, 6) is 0.815. The first kappa shape index (κ1) is 42.5. The van der Waals surface area contributed by atoms with Crippen LogP contribution in [0.1, 0.15) is 70.1 Å². The molecule has 2 N–H and O–H groups in total. The van der Waals surface area contributed by atoms with Crippen LogP contribution >= 0.6 is 0 Å². The van der Waals surface area contributed by atoms with Gasteiger partial charge in [0.25, 0.3) is 0 Å². The number of hydrogen-bond acceptors (Lipinski definition) is 7. The molecule has 4 unspecified atom stereocenters. The third-order valence-corrected chi connectivity index (χ3v) is 11.0. The predicted molar refractivity (Wildman–Crippen MR) is 224 cm³/mol. The van der Waals surface area contributed by atoms with Crippen molar-refractivity contribution in [1.82, 2.24) is 10.6 Å². The molecule has 7 nitrogen and oxygen atoms in total. The van der Waals surface area contributed by atoms with E-state index in [1.54, 1.807) is 0 Å². The van der Waals surface area contributed by atoms with Gasteiger partial charge in [0, 0.05) is 64.8 Å². The molecular weight excluding hydrogens is 724 g/mol. The molecule has 2 aromatic carbocycles. The first-order chi connectivity index (χ1) is 26.4. The number of benzene rings is 2. The molecule has 9 heteroatoms. The molecule has 8 rings (SSSR count). The van der Waals surface area contributed by atoms with Gasteiger partial charge in [-0.3, -0.25) is 4.99 Å². The van der Waals surface area contributed by atoms with Crippen LogP contribution in [-0.4, -0.2) is 36.1 Å². The molecule has 2 aliphatic heterocycles. The average Bonchev–Trinajstić information content (AvgIpc) is 3.13. The summed E-state index contributed by atoms with van der Waals surface area (Å²) in [5.41, 5.74) is 15.5. The van der Waals surface area contributed by atoms with Gasteiger partial charge in [-0.1, -0.05) is 96.8 Å². The molecule has 0 aromatic heterocycles. The van der Waals surface area contributed by atoms with E-state index in [2.05, 4.69) is 137 Å². The monoisotopic (exact) mass is 772 g/mol. The molecule has 2 heterocycles. The van der Waals surface area contributed by atoms with E-state index in [1.165, 1.54) is 50.4 Å². The molecular formula is C47H49N4NaO3S. The van der Waals surface area contributed by atoms with Crippen molar-refractivity contribution in [3.05, 3.63) is 189 Å². The summed E-state index contributed by atoms with van der Waals surface area (Å²) in [6, 6.07) is 19.8. The average molecular weight is 773 g/mol. The first-order valence-electron chi connectivity index (χ1n) is 18.7. The zero-order valence-electron chi connectivity index (χ0n) is 33.3. The summed E-state index contributed by atoms with van der Waals surface area (Å²) in [5, 5.41) is 6.99. The number of hydrogen-bond donors (Lipinski definition) is 2. The number of nitrogens with zero attached hydrogens (tertiary/aromatic N) is 2. The number of aliphatic imine (C=N–C) groups is 2. The first-order valence-corrected chi connectivity index (χ1v) is 19.7. The molecule has 0 amide bonds. The number of allylic oxidation sites excluding steroid dienone is 8. The smallest absolute Gasteiger partial charge is 0.359 e. The summed E-state index contributed by atoms with van der Waals surface area (Å²) in [6.07, 6.45) is 25.8.